The lowest BCUT2D eigenvalue weighted by molar-refractivity contribution is 0.254. The normalized spacial score (nSPS) is 16.5. The van der Waals surface area contributed by atoms with Crippen LogP contribution in [0.3, 0.4) is 0 Å². The Balaban J connectivity index is 1.94. The average molecular weight is 311 g/mol. The van der Waals surface area contributed by atoms with E-state index in [0.717, 1.165) is 13.1 Å². The van der Waals surface area contributed by atoms with E-state index in [1.165, 1.54) is 31.9 Å². The summed E-state index contributed by atoms with van der Waals surface area (Å²) in [4.78, 5) is 2.56. The van der Waals surface area contributed by atoms with Gasteiger partial charge in [0.25, 0.3) is 0 Å². The van der Waals surface area contributed by atoms with Crippen LogP contribution in [-0.2, 0) is 9.84 Å². The van der Waals surface area contributed by atoms with Crippen LogP contribution in [0.2, 0.25) is 0 Å². The van der Waals surface area contributed by atoms with Gasteiger partial charge in [0.1, 0.15) is 0 Å². The van der Waals surface area contributed by atoms with E-state index in [0.29, 0.717) is 17.4 Å². The molecule has 0 aromatic heterocycles. The number of para-hydroxylation sites is 1. The molecule has 0 atom stereocenters. The zero-order valence-corrected chi connectivity index (χ0v) is 13.6. The Labute approximate surface area is 127 Å². The molecule has 1 aromatic carbocycles. The predicted molar refractivity (Wildman–Crippen MR) is 87.3 cm³/mol. The fourth-order valence-electron chi connectivity index (χ4n) is 2.92. The predicted octanol–water partition coefficient (Wildman–Crippen LogP) is 1.96. The monoisotopic (exact) mass is 311 g/mol. The largest absolute Gasteiger partial charge is 0.396 e. The summed E-state index contributed by atoms with van der Waals surface area (Å²) >= 11 is 0. The quantitative estimate of drug-likeness (QED) is 0.786. The summed E-state index contributed by atoms with van der Waals surface area (Å²) < 4.78 is 23.3. The summed E-state index contributed by atoms with van der Waals surface area (Å²) in [6.07, 6.45) is 6.39. The Hall–Kier alpha value is -1.27. The summed E-state index contributed by atoms with van der Waals surface area (Å²) in [5.74, 6) is 0. The molecular weight excluding hydrogens is 286 g/mol. The van der Waals surface area contributed by atoms with E-state index in [1.54, 1.807) is 12.1 Å². The number of rotatable bonds is 6. The van der Waals surface area contributed by atoms with Gasteiger partial charge < -0.3 is 16.0 Å². The number of anilines is 2. The summed E-state index contributed by atoms with van der Waals surface area (Å²) in [7, 11) is -1.14. The molecule has 1 aliphatic rings. The van der Waals surface area contributed by atoms with Gasteiger partial charge in [0.2, 0.25) is 0 Å². The number of nitrogens with one attached hydrogen (secondary N) is 1. The minimum atomic E-state index is -3.29. The Morgan fingerprint density at radius 3 is 2.62 bits per heavy atom. The van der Waals surface area contributed by atoms with Gasteiger partial charge in [0.15, 0.2) is 9.84 Å². The van der Waals surface area contributed by atoms with Crippen LogP contribution in [-0.4, -0.2) is 45.8 Å². The SMILES string of the molecule is CN(CCNc1cccc(S(C)(=O)=O)c1N)C1CCCC1. The van der Waals surface area contributed by atoms with Crippen molar-refractivity contribution in [3.63, 3.8) is 0 Å². The second kappa shape index (κ2) is 6.66. The first-order chi connectivity index (χ1) is 9.89. The first-order valence-electron chi connectivity index (χ1n) is 7.42. The zero-order valence-electron chi connectivity index (χ0n) is 12.8. The number of nitrogens with zero attached hydrogens (tertiary/aromatic N) is 1. The molecule has 6 heteroatoms. The summed E-state index contributed by atoms with van der Waals surface area (Å²) in [6, 6.07) is 5.77. The van der Waals surface area contributed by atoms with Crippen LogP contribution in [0.5, 0.6) is 0 Å². The second-order valence-electron chi connectivity index (χ2n) is 5.84. The maximum Gasteiger partial charge on any atom is 0.177 e. The van der Waals surface area contributed by atoms with Gasteiger partial charge in [-0.05, 0) is 32.0 Å². The van der Waals surface area contributed by atoms with Gasteiger partial charge >= 0.3 is 0 Å². The highest BCUT2D eigenvalue weighted by molar-refractivity contribution is 7.90. The van der Waals surface area contributed by atoms with E-state index in [2.05, 4.69) is 17.3 Å². The average Bonchev–Trinajstić information content (AvgIpc) is 2.93. The van der Waals surface area contributed by atoms with E-state index in [-0.39, 0.29) is 4.90 Å². The van der Waals surface area contributed by atoms with Crippen molar-refractivity contribution in [1.29, 1.82) is 0 Å². The third-order valence-electron chi connectivity index (χ3n) is 4.19. The highest BCUT2D eigenvalue weighted by atomic mass is 32.2. The summed E-state index contributed by atoms with van der Waals surface area (Å²) in [5, 5.41) is 3.25. The topological polar surface area (TPSA) is 75.4 Å². The standard InChI is InChI=1S/C15H25N3O2S/c1-18(12-6-3-4-7-12)11-10-17-13-8-5-9-14(15(13)16)21(2,19)20/h5,8-9,12,17H,3-4,6-7,10-11,16H2,1-2H3. The number of nitrogen functional groups attached to an aromatic ring is 1. The van der Waals surface area contributed by atoms with Crippen molar-refractivity contribution >= 4 is 21.2 Å². The van der Waals surface area contributed by atoms with E-state index >= 15 is 0 Å². The molecule has 0 aliphatic heterocycles. The molecule has 0 bridgehead atoms. The number of nitrogens with two attached hydrogens (primary N) is 1. The zero-order chi connectivity index (χ0) is 15.5. The molecule has 3 N–H and O–H groups in total. The van der Waals surface area contributed by atoms with Crippen molar-refractivity contribution in [3.8, 4) is 0 Å². The van der Waals surface area contributed by atoms with Gasteiger partial charge in [-0.2, -0.15) is 0 Å². The third-order valence-corrected chi connectivity index (χ3v) is 5.35. The maximum atomic E-state index is 11.6. The minimum absolute atomic E-state index is 0.191. The number of benzene rings is 1. The highest BCUT2D eigenvalue weighted by Crippen LogP contribution is 2.26. The molecule has 2 rings (SSSR count). The summed E-state index contributed by atoms with van der Waals surface area (Å²) in [6.45, 7) is 1.68. The molecule has 1 aromatic rings. The van der Waals surface area contributed by atoms with Gasteiger partial charge in [-0.15, -0.1) is 0 Å². The van der Waals surface area contributed by atoms with E-state index in [9.17, 15) is 8.42 Å². The van der Waals surface area contributed by atoms with Crippen LogP contribution in [0.25, 0.3) is 0 Å². The minimum Gasteiger partial charge on any atom is -0.396 e. The van der Waals surface area contributed by atoms with Crippen LogP contribution in [0.4, 0.5) is 11.4 Å². The first-order valence-corrected chi connectivity index (χ1v) is 9.31. The van der Waals surface area contributed by atoms with Gasteiger partial charge in [0.05, 0.1) is 16.3 Å². The number of hydrogen-bond acceptors (Lipinski definition) is 5. The molecular formula is C15H25N3O2S. The molecule has 0 radical (unpaired) electrons. The van der Waals surface area contributed by atoms with E-state index < -0.39 is 9.84 Å². The van der Waals surface area contributed by atoms with Crippen molar-refractivity contribution in [2.45, 2.75) is 36.6 Å². The van der Waals surface area contributed by atoms with Crippen molar-refractivity contribution in [1.82, 2.24) is 4.90 Å². The van der Waals surface area contributed by atoms with Crippen molar-refractivity contribution < 1.29 is 8.42 Å². The molecule has 0 spiro atoms. The molecule has 1 saturated carbocycles. The molecule has 0 amide bonds. The van der Waals surface area contributed by atoms with Gasteiger partial charge in [-0.1, -0.05) is 18.9 Å². The van der Waals surface area contributed by atoms with Crippen LogP contribution >= 0.6 is 0 Å². The smallest absolute Gasteiger partial charge is 0.177 e. The van der Waals surface area contributed by atoms with Crippen LogP contribution in [0.15, 0.2) is 23.1 Å². The number of hydrogen-bond donors (Lipinski definition) is 2. The molecule has 0 saturated heterocycles. The number of likely N-dealkylation sites (N-methyl/N-ethyl adjacent to an activating group) is 1. The van der Waals surface area contributed by atoms with Gasteiger partial charge in [-0.3, -0.25) is 0 Å². The highest BCUT2D eigenvalue weighted by Gasteiger charge is 2.19. The second-order valence-corrected chi connectivity index (χ2v) is 7.82. The Morgan fingerprint density at radius 2 is 2.00 bits per heavy atom. The van der Waals surface area contributed by atoms with Crippen molar-refractivity contribution in [2.24, 2.45) is 0 Å². The van der Waals surface area contributed by atoms with Crippen molar-refractivity contribution in [3.05, 3.63) is 18.2 Å². The Bertz CT molecular complexity index is 581. The fraction of sp³-hybridized carbons (Fsp3) is 0.600. The van der Waals surface area contributed by atoms with Crippen LogP contribution < -0.4 is 11.1 Å². The van der Waals surface area contributed by atoms with Gasteiger partial charge in [0, 0.05) is 25.4 Å². The van der Waals surface area contributed by atoms with E-state index in [1.807, 2.05) is 6.07 Å². The molecule has 21 heavy (non-hydrogen) atoms. The van der Waals surface area contributed by atoms with E-state index in [4.69, 9.17) is 5.73 Å². The first kappa shape index (κ1) is 16.1. The van der Waals surface area contributed by atoms with Crippen LogP contribution in [0, 0.1) is 0 Å². The molecule has 118 valence electrons. The van der Waals surface area contributed by atoms with Gasteiger partial charge in [-0.25, -0.2) is 8.42 Å². The number of sulfone groups is 1. The summed E-state index contributed by atoms with van der Waals surface area (Å²) in [5.41, 5.74) is 6.95. The fourth-order valence-corrected chi connectivity index (χ4v) is 3.75. The molecule has 1 fully saturated rings. The third kappa shape index (κ3) is 4.11. The Kier molecular flexibility index (Phi) is 5.11. The molecule has 5 nitrogen and oxygen atoms in total. The van der Waals surface area contributed by atoms with Crippen LogP contribution in [0.1, 0.15) is 25.7 Å². The molecule has 0 heterocycles. The lowest BCUT2D eigenvalue weighted by Gasteiger charge is -2.24. The lowest BCUT2D eigenvalue weighted by Crippen LogP contribution is -2.33. The lowest BCUT2D eigenvalue weighted by atomic mass is 10.2. The molecule has 0 unspecified atom stereocenters. The van der Waals surface area contributed by atoms with Crippen molar-refractivity contribution in [2.75, 3.05) is 37.4 Å². The Morgan fingerprint density at radius 1 is 1.33 bits per heavy atom. The maximum absolute atomic E-state index is 11.6. The molecule has 1 aliphatic carbocycles.